The highest BCUT2D eigenvalue weighted by Crippen LogP contribution is 2.47. The molecule has 1 aromatic rings. The molecule has 5 heteroatoms. The Morgan fingerprint density at radius 1 is 1.39 bits per heavy atom. The fraction of sp³-hybridized carbons (Fsp3) is 0.769. The molecule has 2 saturated carbocycles. The molecule has 0 saturated heterocycles. The van der Waals surface area contributed by atoms with Gasteiger partial charge in [-0.15, -0.1) is 0 Å². The summed E-state index contributed by atoms with van der Waals surface area (Å²) in [7, 11) is 0. The van der Waals surface area contributed by atoms with Crippen LogP contribution in [0.3, 0.4) is 0 Å². The van der Waals surface area contributed by atoms with Gasteiger partial charge >= 0.3 is 0 Å². The maximum absolute atomic E-state index is 5.87. The van der Waals surface area contributed by atoms with Crippen LogP contribution in [-0.2, 0) is 0 Å². The van der Waals surface area contributed by atoms with Crippen LogP contribution in [0, 0.1) is 11.8 Å². The van der Waals surface area contributed by atoms with Crippen molar-refractivity contribution in [1.29, 1.82) is 0 Å². The third kappa shape index (κ3) is 2.16. The predicted octanol–water partition coefficient (Wildman–Crippen LogP) is 3.11. The number of nitrogen functional groups attached to an aromatic ring is 1. The second-order valence-corrected chi connectivity index (χ2v) is 6.59. The average molecular weight is 267 g/mol. The third-order valence-electron chi connectivity index (χ3n) is 4.08. The van der Waals surface area contributed by atoms with Crippen molar-refractivity contribution < 1.29 is 4.74 Å². The molecule has 4 nitrogen and oxygen atoms in total. The number of hydrogen-bond acceptors (Lipinski definition) is 5. The summed E-state index contributed by atoms with van der Waals surface area (Å²) >= 11 is 1.42. The standard InChI is InChI=1S/C13H21N3OS/c1-7(2)17-11-12(14)16-18-13(11)15-10-6-8-3-4-9(10)5-8/h7-10,15H,3-6H2,1-2H3,(H2,14,16). The molecule has 3 rings (SSSR count). The van der Waals surface area contributed by atoms with Gasteiger partial charge in [-0.05, 0) is 56.5 Å². The van der Waals surface area contributed by atoms with Gasteiger partial charge < -0.3 is 15.8 Å². The van der Waals surface area contributed by atoms with Crippen molar-refractivity contribution >= 4 is 22.4 Å². The number of nitrogens with two attached hydrogens (primary N) is 1. The van der Waals surface area contributed by atoms with Gasteiger partial charge in [0.2, 0.25) is 0 Å². The molecule has 2 aliphatic carbocycles. The van der Waals surface area contributed by atoms with Gasteiger partial charge in [0.15, 0.2) is 16.6 Å². The van der Waals surface area contributed by atoms with Gasteiger partial charge in [-0.2, -0.15) is 4.37 Å². The van der Waals surface area contributed by atoms with E-state index in [9.17, 15) is 0 Å². The van der Waals surface area contributed by atoms with Crippen LogP contribution in [0.15, 0.2) is 0 Å². The molecule has 3 N–H and O–H groups in total. The molecule has 2 bridgehead atoms. The summed E-state index contributed by atoms with van der Waals surface area (Å²) in [5.41, 5.74) is 5.87. The molecule has 1 heterocycles. The Labute approximate surface area is 112 Å². The maximum atomic E-state index is 5.87. The lowest BCUT2D eigenvalue weighted by Gasteiger charge is -2.23. The Hall–Kier alpha value is -0.970. The monoisotopic (exact) mass is 267 g/mol. The first-order chi connectivity index (χ1) is 8.63. The summed E-state index contributed by atoms with van der Waals surface area (Å²) in [4.78, 5) is 0. The summed E-state index contributed by atoms with van der Waals surface area (Å²) < 4.78 is 9.97. The number of nitrogens with zero attached hydrogens (tertiary/aromatic N) is 1. The van der Waals surface area contributed by atoms with Gasteiger partial charge in [0.1, 0.15) is 0 Å². The van der Waals surface area contributed by atoms with Crippen molar-refractivity contribution in [1.82, 2.24) is 4.37 Å². The molecule has 100 valence electrons. The summed E-state index contributed by atoms with van der Waals surface area (Å²) in [6, 6.07) is 0.595. The molecule has 1 aromatic heterocycles. The van der Waals surface area contributed by atoms with E-state index in [4.69, 9.17) is 10.5 Å². The number of hydrogen-bond donors (Lipinski definition) is 2. The first kappa shape index (κ1) is 12.1. The van der Waals surface area contributed by atoms with Crippen molar-refractivity contribution in [2.24, 2.45) is 11.8 Å². The zero-order valence-electron chi connectivity index (χ0n) is 11.0. The quantitative estimate of drug-likeness (QED) is 0.880. The normalized spacial score (nSPS) is 30.1. The minimum atomic E-state index is 0.129. The minimum absolute atomic E-state index is 0.129. The molecule has 0 aliphatic heterocycles. The van der Waals surface area contributed by atoms with Crippen molar-refractivity contribution in [2.45, 2.75) is 51.7 Å². The smallest absolute Gasteiger partial charge is 0.197 e. The third-order valence-corrected chi connectivity index (χ3v) is 4.86. The fourth-order valence-corrected chi connectivity index (χ4v) is 4.04. The van der Waals surface area contributed by atoms with Gasteiger partial charge in [-0.1, -0.05) is 6.42 Å². The van der Waals surface area contributed by atoms with E-state index in [-0.39, 0.29) is 6.10 Å². The number of anilines is 2. The Kier molecular flexibility index (Phi) is 3.09. The van der Waals surface area contributed by atoms with Gasteiger partial charge in [-0.3, -0.25) is 0 Å². The Morgan fingerprint density at radius 2 is 2.22 bits per heavy atom. The van der Waals surface area contributed by atoms with Gasteiger partial charge in [0, 0.05) is 6.04 Å². The average Bonchev–Trinajstić information content (AvgIpc) is 2.99. The second kappa shape index (κ2) is 4.61. The van der Waals surface area contributed by atoms with Gasteiger partial charge in [-0.25, -0.2) is 0 Å². The van der Waals surface area contributed by atoms with Crippen molar-refractivity contribution in [2.75, 3.05) is 11.1 Å². The molecule has 3 unspecified atom stereocenters. The number of rotatable bonds is 4. The zero-order valence-corrected chi connectivity index (χ0v) is 11.8. The fourth-order valence-electron chi connectivity index (χ4n) is 3.33. The molecular formula is C13H21N3OS. The molecule has 18 heavy (non-hydrogen) atoms. The lowest BCUT2D eigenvalue weighted by Crippen LogP contribution is -2.25. The lowest BCUT2D eigenvalue weighted by atomic mass is 9.95. The number of fused-ring (bicyclic) bond motifs is 2. The second-order valence-electron chi connectivity index (χ2n) is 5.82. The minimum Gasteiger partial charge on any atom is -0.484 e. The summed E-state index contributed by atoms with van der Waals surface area (Å²) in [6.07, 6.45) is 5.61. The maximum Gasteiger partial charge on any atom is 0.197 e. The molecule has 2 aliphatic rings. The van der Waals surface area contributed by atoms with E-state index in [1.165, 1.54) is 37.2 Å². The van der Waals surface area contributed by atoms with Crippen molar-refractivity contribution in [3.63, 3.8) is 0 Å². The molecule has 0 amide bonds. The van der Waals surface area contributed by atoms with E-state index in [0.717, 1.165) is 22.6 Å². The van der Waals surface area contributed by atoms with Crippen LogP contribution < -0.4 is 15.8 Å². The Balaban J connectivity index is 1.72. The number of aromatic nitrogens is 1. The number of nitrogens with one attached hydrogen (secondary N) is 1. The van der Waals surface area contributed by atoms with Crippen LogP contribution in [0.2, 0.25) is 0 Å². The van der Waals surface area contributed by atoms with Crippen LogP contribution in [0.1, 0.15) is 39.5 Å². The first-order valence-electron chi connectivity index (χ1n) is 6.82. The summed E-state index contributed by atoms with van der Waals surface area (Å²) in [5.74, 6) is 3.04. The molecule has 3 atom stereocenters. The molecule has 2 fully saturated rings. The summed E-state index contributed by atoms with van der Waals surface area (Å²) in [6.45, 7) is 4.02. The Morgan fingerprint density at radius 3 is 2.83 bits per heavy atom. The highest BCUT2D eigenvalue weighted by Gasteiger charge is 2.40. The van der Waals surface area contributed by atoms with E-state index in [1.54, 1.807) is 0 Å². The van der Waals surface area contributed by atoms with E-state index in [1.807, 2.05) is 13.8 Å². The van der Waals surface area contributed by atoms with E-state index in [0.29, 0.717) is 11.9 Å². The highest BCUT2D eigenvalue weighted by atomic mass is 32.1. The molecular weight excluding hydrogens is 246 g/mol. The highest BCUT2D eigenvalue weighted by molar-refractivity contribution is 7.11. The molecule has 0 spiro atoms. The molecule has 0 aromatic carbocycles. The van der Waals surface area contributed by atoms with Crippen LogP contribution in [-0.4, -0.2) is 16.5 Å². The van der Waals surface area contributed by atoms with Crippen LogP contribution >= 0.6 is 11.5 Å². The summed E-state index contributed by atoms with van der Waals surface area (Å²) in [5, 5.41) is 4.63. The van der Waals surface area contributed by atoms with E-state index < -0.39 is 0 Å². The SMILES string of the molecule is CC(C)Oc1c(N)nsc1NC1CC2CCC1C2. The Bertz CT molecular complexity index is 432. The largest absolute Gasteiger partial charge is 0.484 e. The molecule has 0 radical (unpaired) electrons. The van der Waals surface area contributed by atoms with Crippen LogP contribution in [0.5, 0.6) is 5.75 Å². The predicted molar refractivity (Wildman–Crippen MR) is 75.1 cm³/mol. The first-order valence-corrected chi connectivity index (χ1v) is 7.59. The van der Waals surface area contributed by atoms with Crippen molar-refractivity contribution in [3.8, 4) is 5.75 Å². The van der Waals surface area contributed by atoms with Crippen molar-refractivity contribution in [3.05, 3.63) is 0 Å². The lowest BCUT2D eigenvalue weighted by molar-refractivity contribution is 0.245. The van der Waals surface area contributed by atoms with E-state index in [2.05, 4.69) is 9.69 Å². The van der Waals surface area contributed by atoms with E-state index >= 15 is 0 Å². The zero-order chi connectivity index (χ0) is 12.7. The van der Waals surface area contributed by atoms with Gasteiger partial charge in [0.05, 0.1) is 6.10 Å². The number of ether oxygens (including phenoxy) is 1. The topological polar surface area (TPSA) is 60.2 Å². The van der Waals surface area contributed by atoms with Gasteiger partial charge in [0.25, 0.3) is 0 Å². The van der Waals surface area contributed by atoms with Crippen LogP contribution in [0.4, 0.5) is 10.8 Å². The van der Waals surface area contributed by atoms with Crippen LogP contribution in [0.25, 0.3) is 0 Å².